The van der Waals surface area contributed by atoms with Crippen molar-refractivity contribution in [3.8, 4) is 11.5 Å². The first-order chi connectivity index (χ1) is 19.2. The molecule has 9 nitrogen and oxygen atoms in total. The number of hydrogen-bond acceptors (Lipinski definition) is 9. The van der Waals surface area contributed by atoms with Crippen molar-refractivity contribution in [2.75, 3.05) is 27.8 Å². The summed E-state index contributed by atoms with van der Waals surface area (Å²) in [6, 6.07) is 3.53. The zero-order valence-corrected chi connectivity index (χ0v) is 27.5. The molecule has 1 saturated heterocycles. The number of ether oxygens (including phenoxy) is 7. The molecule has 0 bridgehead atoms. The van der Waals surface area contributed by atoms with Gasteiger partial charge in [0.15, 0.2) is 27.7 Å². The van der Waals surface area contributed by atoms with Crippen LogP contribution in [-0.4, -0.2) is 72.3 Å². The van der Waals surface area contributed by atoms with E-state index in [0.29, 0.717) is 36.3 Å². The monoisotopic (exact) mass is 594 g/mol. The second kappa shape index (κ2) is 14.0. The third kappa shape index (κ3) is 9.27. The normalized spacial score (nSPS) is 26.3. The van der Waals surface area contributed by atoms with E-state index in [0.717, 1.165) is 12.0 Å². The van der Waals surface area contributed by atoms with Gasteiger partial charge in [0, 0.05) is 32.8 Å². The lowest BCUT2D eigenvalue weighted by atomic mass is 9.96. The van der Waals surface area contributed by atoms with Gasteiger partial charge in [0.25, 0.3) is 0 Å². The van der Waals surface area contributed by atoms with Gasteiger partial charge in [0.1, 0.15) is 29.3 Å². The Bertz CT molecular complexity index is 1050. The summed E-state index contributed by atoms with van der Waals surface area (Å²) in [5.41, 5.74) is 1.07. The average Bonchev–Trinajstić information content (AvgIpc) is 3.16. The van der Waals surface area contributed by atoms with E-state index in [-0.39, 0.29) is 43.0 Å². The van der Waals surface area contributed by atoms with Crippen LogP contribution in [0.4, 0.5) is 0 Å². The fourth-order valence-corrected chi connectivity index (χ4v) is 6.21. The van der Waals surface area contributed by atoms with Gasteiger partial charge in [-0.25, -0.2) is 4.79 Å². The van der Waals surface area contributed by atoms with Crippen molar-refractivity contribution >= 4 is 14.3 Å². The summed E-state index contributed by atoms with van der Waals surface area (Å²) in [5.74, 6) is -0.305. The molecule has 1 aromatic rings. The van der Waals surface area contributed by atoms with E-state index in [1.807, 2.05) is 39.0 Å². The lowest BCUT2D eigenvalue weighted by molar-refractivity contribution is -0.144. The van der Waals surface area contributed by atoms with Crippen molar-refractivity contribution in [3.05, 3.63) is 35.4 Å². The van der Waals surface area contributed by atoms with Crippen LogP contribution in [0.3, 0.4) is 0 Å². The van der Waals surface area contributed by atoms with E-state index in [1.54, 1.807) is 13.2 Å². The highest BCUT2D eigenvalue weighted by Gasteiger charge is 2.42. The third-order valence-electron chi connectivity index (χ3n) is 7.85. The number of methoxy groups -OCH3 is 2. The average molecular weight is 595 g/mol. The molecular weight excluding hydrogens is 544 g/mol. The van der Waals surface area contributed by atoms with E-state index in [9.17, 15) is 4.79 Å². The summed E-state index contributed by atoms with van der Waals surface area (Å²) in [7, 11) is 0.902. The van der Waals surface area contributed by atoms with Crippen molar-refractivity contribution in [1.29, 1.82) is 0 Å². The minimum atomic E-state index is -2.19. The molecule has 41 heavy (non-hydrogen) atoms. The van der Waals surface area contributed by atoms with Gasteiger partial charge in [-0.2, -0.15) is 0 Å². The van der Waals surface area contributed by atoms with Crippen LogP contribution in [0, 0.1) is 0 Å². The first-order valence-electron chi connectivity index (χ1n) is 14.5. The van der Waals surface area contributed by atoms with Gasteiger partial charge in [0.05, 0.1) is 6.10 Å². The second-order valence-electron chi connectivity index (χ2n) is 12.9. The Balaban J connectivity index is 2.10. The van der Waals surface area contributed by atoms with Gasteiger partial charge in [0.2, 0.25) is 0 Å². The van der Waals surface area contributed by atoms with Gasteiger partial charge in [-0.15, -0.1) is 0 Å². The number of hydrogen-bond donors (Lipinski definition) is 0. The smallest absolute Gasteiger partial charge is 0.342 e. The van der Waals surface area contributed by atoms with Gasteiger partial charge in [-0.3, -0.25) is 0 Å². The number of fused-ring (bicyclic) bond motifs is 2. The maximum atomic E-state index is 13.7. The molecule has 0 saturated carbocycles. The van der Waals surface area contributed by atoms with Crippen LogP contribution in [-0.2, 0) is 34.5 Å². The van der Waals surface area contributed by atoms with E-state index >= 15 is 0 Å². The minimum absolute atomic E-state index is 0.000326. The first kappa shape index (κ1) is 33.5. The van der Waals surface area contributed by atoms with Crippen LogP contribution in [0.5, 0.6) is 11.5 Å². The number of carbonyl (C=O) groups is 1. The summed E-state index contributed by atoms with van der Waals surface area (Å²) in [4.78, 5) is 13.7. The molecule has 4 atom stereocenters. The van der Waals surface area contributed by atoms with Gasteiger partial charge in [-0.1, -0.05) is 32.9 Å². The van der Waals surface area contributed by atoms with Crippen LogP contribution < -0.4 is 9.47 Å². The molecule has 0 aromatic heterocycles. The van der Waals surface area contributed by atoms with Crippen molar-refractivity contribution in [2.24, 2.45) is 0 Å². The Morgan fingerprint density at radius 1 is 1.02 bits per heavy atom. The molecule has 0 N–H and O–H groups in total. The SMILES string of the molecule is COCOc1cc2c(c(OCOC)c1)C(=O)O[C@@H](C)C/C=C/[C@H]1OC(C)(C)O[C@H]1CCC(O[Si](C)(C)C(C)(C)C)C2. The lowest BCUT2D eigenvalue weighted by Gasteiger charge is -2.40. The molecule has 0 aliphatic carbocycles. The Morgan fingerprint density at radius 2 is 1.71 bits per heavy atom. The zero-order chi connectivity index (χ0) is 30.4. The molecule has 232 valence electrons. The second-order valence-corrected chi connectivity index (χ2v) is 17.6. The van der Waals surface area contributed by atoms with Crippen molar-refractivity contribution in [3.63, 3.8) is 0 Å². The predicted molar refractivity (Wildman–Crippen MR) is 159 cm³/mol. The molecule has 1 unspecified atom stereocenters. The van der Waals surface area contributed by atoms with Crippen molar-refractivity contribution < 1.29 is 42.4 Å². The highest BCUT2D eigenvalue weighted by molar-refractivity contribution is 6.74. The fraction of sp³-hybridized carbons (Fsp3) is 0.710. The Labute approximate surface area is 246 Å². The number of rotatable bonds is 8. The van der Waals surface area contributed by atoms with Crippen LogP contribution >= 0.6 is 0 Å². The number of benzene rings is 1. The zero-order valence-electron chi connectivity index (χ0n) is 26.5. The summed E-state index contributed by atoms with van der Waals surface area (Å²) in [6.07, 6.45) is 5.58. The van der Waals surface area contributed by atoms with Gasteiger partial charge >= 0.3 is 5.97 Å². The van der Waals surface area contributed by atoms with Crippen molar-refractivity contribution in [1.82, 2.24) is 0 Å². The third-order valence-corrected chi connectivity index (χ3v) is 12.4. The Kier molecular flexibility index (Phi) is 11.5. The quantitative estimate of drug-likeness (QED) is 0.147. The molecule has 0 amide bonds. The number of esters is 1. The van der Waals surface area contributed by atoms with Crippen LogP contribution in [0.1, 0.15) is 76.7 Å². The molecule has 10 heteroatoms. The molecule has 2 aliphatic heterocycles. The Morgan fingerprint density at radius 3 is 2.37 bits per heavy atom. The summed E-state index contributed by atoms with van der Waals surface area (Å²) in [5, 5.41) is -0.000326. The Hall–Kier alpha value is -1.95. The highest BCUT2D eigenvalue weighted by Crippen LogP contribution is 2.40. The molecule has 0 radical (unpaired) electrons. The highest BCUT2D eigenvalue weighted by atomic mass is 28.4. The molecule has 1 aromatic carbocycles. The molecule has 1 fully saturated rings. The fourth-order valence-electron chi connectivity index (χ4n) is 4.82. The van der Waals surface area contributed by atoms with Crippen LogP contribution in [0.2, 0.25) is 18.1 Å². The maximum absolute atomic E-state index is 13.7. The topological polar surface area (TPSA) is 90.9 Å². The summed E-state index contributed by atoms with van der Waals surface area (Å²) >= 11 is 0. The standard InChI is InChI=1S/C31H50O9Si/c1-21-12-11-13-25-26(39-31(5,6)38-25)15-14-23(40-41(9,10)30(2,3)4)16-22-17-24(35-19-33-7)18-27(36-20-34-8)28(22)29(32)37-21/h11,13,17-18,21,23,25-26H,12,14-16,19-20H2,1-10H3/b13-11+/t21-,23?,25+,26-/m0/s1. The molecule has 2 heterocycles. The first-order valence-corrected chi connectivity index (χ1v) is 17.4. The van der Waals surface area contributed by atoms with Gasteiger partial charge < -0.3 is 37.6 Å². The summed E-state index contributed by atoms with van der Waals surface area (Å²) in [6.45, 7) is 16.9. The number of cyclic esters (lactones) is 1. The molecule has 2 aliphatic rings. The van der Waals surface area contributed by atoms with E-state index in [2.05, 4.69) is 33.9 Å². The largest absolute Gasteiger partial charge is 0.467 e. The number of carbonyl (C=O) groups excluding carboxylic acids is 1. The van der Waals surface area contributed by atoms with Crippen LogP contribution in [0.25, 0.3) is 0 Å². The summed E-state index contributed by atoms with van der Waals surface area (Å²) < 4.78 is 47.5. The van der Waals surface area contributed by atoms with E-state index < -0.39 is 20.1 Å². The predicted octanol–water partition coefficient (Wildman–Crippen LogP) is 6.39. The molecular formula is C31H50O9Si. The van der Waals surface area contributed by atoms with E-state index in [1.165, 1.54) is 7.11 Å². The minimum Gasteiger partial charge on any atom is -0.467 e. The van der Waals surface area contributed by atoms with E-state index in [4.69, 9.17) is 37.6 Å². The lowest BCUT2D eigenvalue weighted by Crippen LogP contribution is -2.44. The van der Waals surface area contributed by atoms with Crippen LogP contribution in [0.15, 0.2) is 24.3 Å². The van der Waals surface area contributed by atoms with Gasteiger partial charge in [-0.05, 0) is 69.8 Å². The molecule has 0 spiro atoms. The molecule has 3 rings (SSSR count). The maximum Gasteiger partial charge on any atom is 0.342 e. The van der Waals surface area contributed by atoms with Crippen molar-refractivity contribution in [2.45, 2.75) is 116 Å².